The molecule has 0 aromatic heterocycles. The minimum atomic E-state index is -0.151. The summed E-state index contributed by atoms with van der Waals surface area (Å²) in [6.07, 6.45) is 10.8. The lowest BCUT2D eigenvalue weighted by atomic mass is 9.47. The Morgan fingerprint density at radius 1 is 1.41 bits per heavy atom. The predicted molar refractivity (Wildman–Crippen MR) is 91.6 cm³/mol. The van der Waals surface area contributed by atoms with Crippen LogP contribution in [-0.2, 0) is 4.79 Å². The van der Waals surface area contributed by atoms with Gasteiger partial charge in [-0.25, -0.2) is 0 Å². The van der Waals surface area contributed by atoms with Crippen molar-refractivity contribution in [3.63, 3.8) is 0 Å². The lowest BCUT2D eigenvalue weighted by Crippen LogP contribution is -2.51. The Labute approximate surface area is 135 Å². The van der Waals surface area contributed by atoms with E-state index < -0.39 is 0 Å². The van der Waals surface area contributed by atoms with Crippen molar-refractivity contribution < 1.29 is 9.90 Å². The van der Waals surface area contributed by atoms with E-state index in [0.29, 0.717) is 11.8 Å². The van der Waals surface area contributed by atoms with Crippen LogP contribution in [0.2, 0.25) is 0 Å². The Morgan fingerprint density at radius 2 is 2.14 bits per heavy atom. The summed E-state index contributed by atoms with van der Waals surface area (Å²) in [5.41, 5.74) is 2.70. The molecule has 0 heterocycles. The molecule has 0 spiro atoms. The average molecular weight is 304 g/mol. The maximum absolute atomic E-state index is 11.8. The fourth-order valence-electron chi connectivity index (χ4n) is 5.30. The first-order valence-corrected chi connectivity index (χ1v) is 8.78. The van der Waals surface area contributed by atoms with Crippen LogP contribution in [0.1, 0.15) is 65.7 Å². The molecule has 1 N–H and O–H groups in total. The highest BCUT2D eigenvalue weighted by atomic mass is 16.2. The van der Waals surface area contributed by atoms with Crippen molar-refractivity contribution >= 4 is 6.29 Å². The molecule has 2 rings (SSSR count). The lowest BCUT2D eigenvalue weighted by Gasteiger charge is -2.57. The van der Waals surface area contributed by atoms with Gasteiger partial charge in [0.05, 0.1) is 6.61 Å². The zero-order valence-corrected chi connectivity index (χ0v) is 14.5. The number of carbonyl (C=O) groups is 1. The molecule has 0 aromatic rings. The van der Waals surface area contributed by atoms with Crippen molar-refractivity contribution in [2.24, 2.45) is 22.7 Å². The molecule has 2 nitrogen and oxygen atoms in total. The number of hydrogen-bond acceptors (Lipinski definition) is 2. The van der Waals surface area contributed by atoms with Crippen molar-refractivity contribution in [2.45, 2.75) is 65.7 Å². The summed E-state index contributed by atoms with van der Waals surface area (Å²) in [5.74, 6) is 0.997. The fourth-order valence-corrected chi connectivity index (χ4v) is 5.30. The largest absolute Gasteiger partial charge is 0.392 e. The van der Waals surface area contributed by atoms with Crippen LogP contribution < -0.4 is 0 Å². The third-order valence-electron chi connectivity index (χ3n) is 6.60. The summed E-state index contributed by atoms with van der Waals surface area (Å²) in [6.45, 7) is 11.2. The molecule has 0 radical (unpaired) electrons. The zero-order chi connectivity index (χ0) is 16.4. The van der Waals surface area contributed by atoms with Gasteiger partial charge in [-0.05, 0) is 62.7 Å². The standard InChI is InChI=1S/C20H32O2/c1-15(10-13-21)6-8-17-16(2)7-9-18-19(3,14-22)11-5-12-20(17,18)4/h10,14,17-18,21H,2,5-9,11-13H2,1,3-4H3/t17?,18-,19+,20+/m0/s1. The third kappa shape index (κ3) is 3.08. The SMILES string of the molecule is C=C1CC[C@H]2[C@@](C)(C=O)CCC[C@]2(C)C1CCC(C)=CCO. The van der Waals surface area contributed by atoms with Crippen LogP contribution in [0.3, 0.4) is 0 Å². The average Bonchev–Trinajstić information content (AvgIpc) is 2.46. The second kappa shape index (κ2) is 6.70. The highest BCUT2D eigenvalue weighted by Crippen LogP contribution is 2.61. The summed E-state index contributed by atoms with van der Waals surface area (Å²) >= 11 is 0. The quantitative estimate of drug-likeness (QED) is 0.591. The van der Waals surface area contributed by atoms with Gasteiger partial charge in [0.1, 0.15) is 6.29 Å². The molecular formula is C20H32O2. The molecular weight excluding hydrogens is 272 g/mol. The number of hydrogen-bond donors (Lipinski definition) is 1. The van der Waals surface area contributed by atoms with Crippen LogP contribution in [0.4, 0.5) is 0 Å². The Kier molecular flexibility index (Phi) is 5.32. The van der Waals surface area contributed by atoms with E-state index in [9.17, 15) is 4.79 Å². The summed E-state index contributed by atoms with van der Waals surface area (Å²) in [5, 5.41) is 9.03. The first-order valence-electron chi connectivity index (χ1n) is 8.78. The number of carbonyl (C=O) groups excluding carboxylic acids is 1. The minimum Gasteiger partial charge on any atom is -0.392 e. The van der Waals surface area contributed by atoms with Crippen LogP contribution >= 0.6 is 0 Å². The molecule has 2 aliphatic rings. The molecule has 0 amide bonds. The maximum Gasteiger partial charge on any atom is 0.126 e. The second-order valence-electron chi connectivity index (χ2n) is 8.06. The monoisotopic (exact) mass is 304 g/mol. The van der Waals surface area contributed by atoms with Crippen molar-refractivity contribution in [1.29, 1.82) is 0 Å². The predicted octanol–water partition coefficient (Wildman–Crippen LogP) is 4.68. The number of aliphatic hydroxyl groups is 1. The molecule has 0 aromatic carbocycles. The molecule has 2 heteroatoms. The molecule has 2 saturated carbocycles. The van der Waals surface area contributed by atoms with E-state index in [0.717, 1.165) is 38.5 Å². The van der Waals surface area contributed by atoms with Gasteiger partial charge in [-0.15, -0.1) is 0 Å². The van der Waals surface area contributed by atoms with Gasteiger partial charge in [-0.1, -0.05) is 44.1 Å². The van der Waals surface area contributed by atoms with E-state index in [1.54, 1.807) is 0 Å². The van der Waals surface area contributed by atoms with Gasteiger partial charge in [-0.3, -0.25) is 0 Å². The Bertz CT molecular complexity index is 464. The van der Waals surface area contributed by atoms with Crippen molar-refractivity contribution in [1.82, 2.24) is 0 Å². The number of aliphatic hydroxyl groups excluding tert-OH is 1. The van der Waals surface area contributed by atoms with Crippen LogP contribution in [0, 0.1) is 22.7 Å². The first-order chi connectivity index (χ1) is 10.4. The third-order valence-corrected chi connectivity index (χ3v) is 6.60. The van der Waals surface area contributed by atoms with Gasteiger partial charge in [-0.2, -0.15) is 0 Å². The molecule has 22 heavy (non-hydrogen) atoms. The van der Waals surface area contributed by atoms with Gasteiger partial charge in [0.25, 0.3) is 0 Å². The Morgan fingerprint density at radius 3 is 2.77 bits per heavy atom. The van der Waals surface area contributed by atoms with Crippen molar-refractivity contribution in [3.8, 4) is 0 Å². The number of fused-ring (bicyclic) bond motifs is 1. The van der Waals surface area contributed by atoms with E-state index in [1.165, 1.54) is 23.9 Å². The summed E-state index contributed by atoms with van der Waals surface area (Å²) in [7, 11) is 0. The number of allylic oxidation sites excluding steroid dienone is 2. The van der Waals surface area contributed by atoms with Crippen LogP contribution in [-0.4, -0.2) is 18.0 Å². The molecule has 124 valence electrons. The van der Waals surface area contributed by atoms with Crippen LogP contribution in [0.15, 0.2) is 23.8 Å². The smallest absolute Gasteiger partial charge is 0.126 e. The van der Waals surface area contributed by atoms with Gasteiger partial charge in [0, 0.05) is 5.41 Å². The van der Waals surface area contributed by atoms with E-state index >= 15 is 0 Å². The lowest BCUT2D eigenvalue weighted by molar-refractivity contribution is -0.130. The molecule has 0 saturated heterocycles. The van der Waals surface area contributed by atoms with E-state index in [4.69, 9.17) is 5.11 Å². The second-order valence-corrected chi connectivity index (χ2v) is 8.06. The van der Waals surface area contributed by atoms with Gasteiger partial charge in [0.2, 0.25) is 0 Å². The summed E-state index contributed by atoms with van der Waals surface area (Å²) in [6, 6.07) is 0. The maximum atomic E-state index is 11.8. The Hall–Kier alpha value is -0.890. The minimum absolute atomic E-state index is 0.126. The topological polar surface area (TPSA) is 37.3 Å². The molecule has 2 fully saturated rings. The van der Waals surface area contributed by atoms with E-state index in [1.807, 2.05) is 6.08 Å². The fraction of sp³-hybridized carbons (Fsp3) is 0.750. The van der Waals surface area contributed by atoms with E-state index in [-0.39, 0.29) is 17.4 Å². The van der Waals surface area contributed by atoms with Crippen LogP contribution in [0.5, 0.6) is 0 Å². The van der Waals surface area contributed by atoms with Crippen LogP contribution in [0.25, 0.3) is 0 Å². The number of rotatable bonds is 5. The Balaban J connectivity index is 2.22. The summed E-state index contributed by atoms with van der Waals surface area (Å²) in [4.78, 5) is 11.8. The van der Waals surface area contributed by atoms with Crippen molar-refractivity contribution in [3.05, 3.63) is 23.8 Å². The first kappa shape index (κ1) is 17.5. The number of aldehydes is 1. The molecule has 4 atom stereocenters. The normalized spacial score (nSPS) is 39.5. The van der Waals surface area contributed by atoms with E-state index in [2.05, 4.69) is 27.4 Å². The molecule has 2 aliphatic carbocycles. The van der Waals surface area contributed by atoms with Gasteiger partial charge >= 0.3 is 0 Å². The zero-order valence-electron chi connectivity index (χ0n) is 14.5. The molecule has 0 aliphatic heterocycles. The summed E-state index contributed by atoms with van der Waals surface area (Å²) < 4.78 is 0. The molecule has 0 bridgehead atoms. The highest BCUT2D eigenvalue weighted by Gasteiger charge is 2.54. The van der Waals surface area contributed by atoms with Crippen molar-refractivity contribution in [2.75, 3.05) is 6.61 Å². The van der Waals surface area contributed by atoms with Gasteiger partial charge in [0.15, 0.2) is 0 Å². The highest BCUT2D eigenvalue weighted by molar-refractivity contribution is 5.60. The van der Waals surface area contributed by atoms with Gasteiger partial charge < -0.3 is 9.90 Å². The molecule has 1 unspecified atom stereocenters.